The third-order valence-corrected chi connectivity index (χ3v) is 5.05. The molecule has 0 unspecified atom stereocenters. The van der Waals surface area contributed by atoms with Crippen LogP contribution in [-0.4, -0.2) is 12.6 Å². The van der Waals surface area contributed by atoms with Crippen LogP contribution in [-0.2, 0) is 0 Å². The average Bonchev–Trinajstić information content (AvgIpc) is 2.64. The van der Waals surface area contributed by atoms with E-state index in [1.165, 1.54) is 43.2 Å². The van der Waals surface area contributed by atoms with Crippen molar-refractivity contribution in [3.8, 4) is 0 Å². The second-order valence-electron chi connectivity index (χ2n) is 7.20. The maximum atomic E-state index is 13.0. The molecular formula is C22H28N2O. The lowest BCUT2D eigenvalue weighted by Crippen LogP contribution is -2.39. The molecule has 1 aliphatic carbocycles. The van der Waals surface area contributed by atoms with Crippen LogP contribution in [0.4, 0.5) is 16.2 Å². The van der Waals surface area contributed by atoms with Gasteiger partial charge in [0.25, 0.3) is 0 Å². The average molecular weight is 336 g/mol. The van der Waals surface area contributed by atoms with Crippen LogP contribution in [0.15, 0.2) is 48.5 Å². The van der Waals surface area contributed by atoms with Gasteiger partial charge in [-0.05, 0) is 56.9 Å². The number of aryl methyl sites for hydroxylation is 2. The van der Waals surface area contributed by atoms with Crippen molar-refractivity contribution in [1.82, 2.24) is 5.32 Å². The quantitative estimate of drug-likeness (QED) is 0.759. The van der Waals surface area contributed by atoms with Gasteiger partial charge in [0.1, 0.15) is 0 Å². The fraction of sp³-hybridized carbons (Fsp3) is 0.409. The molecule has 0 spiro atoms. The number of rotatable bonds is 4. The van der Waals surface area contributed by atoms with Crippen molar-refractivity contribution in [3.63, 3.8) is 0 Å². The lowest BCUT2D eigenvalue weighted by atomic mass is 9.89. The Bertz CT molecular complexity index is 639. The smallest absolute Gasteiger partial charge is 0.326 e. The largest absolute Gasteiger partial charge is 0.337 e. The lowest BCUT2D eigenvalue weighted by molar-refractivity contribution is 0.244. The zero-order valence-electron chi connectivity index (χ0n) is 15.3. The SMILES string of the molecule is Cc1ccc(N(C(=O)NCC2CCCCC2)c2ccc(C)cc2)cc1. The summed E-state index contributed by atoms with van der Waals surface area (Å²) in [7, 11) is 0. The molecule has 3 rings (SSSR count). The molecule has 0 bridgehead atoms. The molecule has 3 nitrogen and oxygen atoms in total. The van der Waals surface area contributed by atoms with E-state index >= 15 is 0 Å². The van der Waals surface area contributed by atoms with Gasteiger partial charge in [-0.2, -0.15) is 0 Å². The fourth-order valence-electron chi connectivity index (χ4n) is 3.47. The summed E-state index contributed by atoms with van der Waals surface area (Å²) < 4.78 is 0. The number of urea groups is 1. The second kappa shape index (κ2) is 8.19. The van der Waals surface area contributed by atoms with E-state index in [0.717, 1.165) is 17.9 Å². The number of benzene rings is 2. The molecule has 3 heteroatoms. The molecule has 2 aromatic rings. The van der Waals surface area contributed by atoms with E-state index in [1.54, 1.807) is 4.90 Å². The molecule has 1 N–H and O–H groups in total. The van der Waals surface area contributed by atoms with E-state index < -0.39 is 0 Å². The topological polar surface area (TPSA) is 32.3 Å². The maximum Gasteiger partial charge on any atom is 0.326 e. The Labute approximate surface area is 151 Å². The van der Waals surface area contributed by atoms with Gasteiger partial charge in [-0.3, -0.25) is 4.90 Å². The summed E-state index contributed by atoms with van der Waals surface area (Å²) >= 11 is 0. The first-order chi connectivity index (χ1) is 12.1. The van der Waals surface area contributed by atoms with Crippen LogP contribution in [0, 0.1) is 19.8 Å². The Balaban J connectivity index is 1.78. The van der Waals surface area contributed by atoms with Gasteiger partial charge in [0.05, 0.1) is 11.4 Å². The van der Waals surface area contributed by atoms with E-state index in [9.17, 15) is 4.79 Å². The third-order valence-electron chi connectivity index (χ3n) is 5.05. The number of hydrogen-bond donors (Lipinski definition) is 1. The van der Waals surface area contributed by atoms with Crippen molar-refractivity contribution < 1.29 is 4.79 Å². The second-order valence-corrected chi connectivity index (χ2v) is 7.20. The normalized spacial score (nSPS) is 15.0. The van der Waals surface area contributed by atoms with Gasteiger partial charge >= 0.3 is 6.03 Å². The number of nitrogens with one attached hydrogen (secondary N) is 1. The first-order valence-electron chi connectivity index (χ1n) is 9.35. The van der Waals surface area contributed by atoms with Crippen LogP contribution in [0.2, 0.25) is 0 Å². The first kappa shape index (κ1) is 17.5. The minimum atomic E-state index is -0.0433. The van der Waals surface area contributed by atoms with Gasteiger partial charge in [-0.15, -0.1) is 0 Å². The monoisotopic (exact) mass is 336 g/mol. The molecule has 0 aliphatic heterocycles. The van der Waals surface area contributed by atoms with Gasteiger partial charge in [-0.1, -0.05) is 54.7 Å². The molecule has 132 valence electrons. The van der Waals surface area contributed by atoms with Gasteiger partial charge in [-0.25, -0.2) is 4.79 Å². The van der Waals surface area contributed by atoms with E-state index in [2.05, 4.69) is 19.2 Å². The van der Waals surface area contributed by atoms with Gasteiger partial charge < -0.3 is 5.32 Å². The summed E-state index contributed by atoms with van der Waals surface area (Å²) in [6, 6.07) is 16.2. The highest BCUT2D eigenvalue weighted by atomic mass is 16.2. The Kier molecular flexibility index (Phi) is 5.75. The number of nitrogens with zero attached hydrogens (tertiary/aromatic N) is 1. The van der Waals surface area contributed by atoms with Crippen molar-refractivity contribution in [2.45, 2.75) is 46.0 Å². The Morgan fingerprint density at radius 1 is 0.880 bits per heavy atom. The van der Waals surface area contributed by atoms with Gasteiger partial charge in [0, 0.05) is 6.54 Å². The fourth-order valence-corrected chi connectivity index (χ4v) is 3.47. The van der Waals surface area contributed by atoms with E-state index in [-0.39, 0.29) is 6.03 Å². The Morgan fingerprint density at radius 3 is 1.84 bits per heavy atom. The Morgan fingerprint density at radius 2 is 1.36 bits per heavy atom. The van der Waals surface area contributed by atoms with Crippen LogP contribution in [0.3, 0.4) is 0 Å². The van der Waals surface area contributed by atoms with Crippen molar-refractivity contribution in [2.24, 2.45) is 5.92 Å². The van der Waals surface area contributed by atoms with Crippen LogP contribution in [0.5, 0.6) is 0 Å². The summed E-state index contributed by atoms with van der Waals surface area (Å²) in [6.45, 7) is 4.89. The Hall–Kier alpha value is -2.29. The first-order valence-corrected chi connectivity index (χ1v) is 9.35. The third kappa shape index (κ3) is 4.62. The predicted molar refractivity (Wildman–Crippen MR) is 104 cm³/mol. The van der Waals surface area contributed by atoms with Crippen LogP contribution in [0.1, 0.15) is 43.2 Å². The number of hydrogen-bond acceptors (Lipinski definition) is 1. The molecule has 2 amide bonds. The maximum absolute atomic E-state index is 13.0. The molecule has 2 aromatic carbocycles. The molecule has 0 saturated heterocycles. The van der Waals surface area contributed by atoms with E-state index in [1.807, 2.05) is 48.5 Å². The molecule has 1 aliphatic rings. The van der Waals surface area contributed by atoms with Crippen molar-refractivity contribution in [1.29, 1.82) is 0 Å². The number of carbonyl (C=O) groups excluding carboxylic acids is 1. The van der Waals surface area contributed by atoms with Crippen LogP contribution >= 0.6 is 0 Å². The summed E-state index contributed by atoms with van der Waals surface area (Å²) in [4.78, 5) is 14.8. The minimum absolute atomic E-state index is 0.0433. The number of amides is 2. The van der Waals surface area contributed by atoms with E-state index in [4.69, 9.17) is 0 Å². The molecule has 0 heterocycles. The summed E-state index contributed by atoms with van der Waals surface area (Å²) in [6.07, 6.45) is 6.38. The molecule has 0 aromatic heterocycles. The minimum Gasteiger partial charge on any atom is -0.337 e. The van der Waals surface area contributed by atoms with E-state index in [0.29, 0.717) is 5.92 Å². The van der Waals surface area contributed by atoms with Gasteiger partial charge in [0.2, 0.25) is 0 Å². The van der Waals surface area contributed by atoms with Crippen molar-refractivity contribution in [3.05, 3.63) is 59.7 Å². The number of carbonyl (C=O) groups is 1. The lowest BCUT2D eigenvalue weighted by Gasteiger charge is -2.26. The molecular weight excluding hydrogens is 308 g/mol. The highest BCUT2D eigenvalue weighted by molar-refractivity contribution is 5.99. The summed E-state index contributed by atoms with van der Waals surface area (Å²) in [5.74, 6) is 0.621. The molecule has 25 heavy (non-hydrogen) atoms. The van der Waals surface area contributed by atoms with Crippen molar-refractivity contribution >= 4 is 17.4 Å². The van der Waals surface area contributed by atoms with Crippen LogP contribution in [0.25, 0.3) is 0 Å². The summed E-state index contributed by atoms with van der Waals surface area (Å²) in [5, 5.41) is 3.17. The number of anilines is 2. The zero-order chi connectivity index (χ0) is 17.6. The highest BCUT2D eigenvalue weighted by Gasteiger charge is 2.20. The zero-order valence-corrected chi connectivity index (χ0v) is 15.3. The molecule has 0 atom stereocenters. The van der Waals surface area contributed by atoms with Crippen molar-refractivity contribution in [2.75, 3.05) is 11.4 Å². The standard InChI is InChI=1S/C22H28N2O/c1-17-8-12-20(13-9-17)24(21-14-10-18(2)11-15-21)22(25)23-16-19-6-4-3-5-7-19/h8-15,19H,3-7,16H2,1-2H3,(H,23,25). The molecule has 1 saturated carbocycles. The predicted octanol–water partition coefficient (Wildman–Crippen LogP) is 5.73. The van der Waals surface area contributed by atoms with Crippen LogP contribution < -0.4 is 10.2 Å². The van der Waals surface area contributed by atoms with Gasteiger partial charge in [0.15, 0.2) is 0 Å². The molecule has 0 radical (unpaired) electrons. The summed E-state index contributed by atoms with van der Waals surface area (Å²) in [5.41, 5.74) is 4.18. The highest BCUT2D eigenvalue weighted by Crippen LogP contribution is 2.27. The molecule has 1 fully saturated rings.